The van der Waals surface area contributed by atoms with Crippen molar-refractivity contribution >= 4 is 28.7 Å². The number of rotatable bonds is 8. The van der Waals surface area contributed by atoms with E-state index in [2.05, 4.69) is 41.5 Å². The summed E-state index contributed by atoms with van der Waals surface area (Å²) in [7, 11) is 1.81. The van der Waals surface area contributed by atoms with E-state index in [0.717, 1.165) is 39.1 Å². The van der Waals surface area contributed by atoms with Gasteiger partial charge in [0.2, 0.25) is 5.88 Å². The van der Waals surface area contributed by atoms with Crippen LogP contribution in [-0.2, 0) is 11.8 Å². The fraction of sp³-hybridized carbons (Fsp3) is 0.269. The van der Waals surface area contributed by atoms with Gasteiger partial charge >= 0.3 is 0 Å². The molecule has 0 aliphatic heterocycles. The number of imidazole rings is 1. The average molecular weight is 459 g/mol. The molecule has 1 unspecified atom stereocenters. The Morgan fingerprint density at radius 1 is 1.18 bits per heavy atom. The summed E-state index contributed by atoms with van der Waals surface area (Å²) in [6, 6.07) is 15.8. The van der Waals surface area contributed by atoms with Gasteiger partial charge in [0, 0.05) is 48.6 Å². The van der Waals surface area contributed by atoms with Crippen molar-refractivity contribution in [2.24, 2.45) is 0 Å². The lowest BCUT2D eigenvalue weighted by Gasteiger charge is -2.13. The molecule has 4 aromatic rings. The molecule has 4 N–H and O–H groups in total. The van der Waals surface area contributed by atoms with Gasteiger partial charge in [-0.25, -0.2) is 4.98 Å². The van der Waals surface area contributed by atoms with E-state index in [-0.39, 0.29) is 5.41 Å². The van der Waals surface area contributed by atoms with E-state index < -0.39 is 6.23 Å². The number of aromatic nitrogens is 3. The Bertz CT molecular complexity index is 1310. The maximum absolute atomic E-state index is 10.5. The third-order valence-corrected chi connectivity index (χ3v) is 5.57. The number of fused-ring (bicyclic) bond motifs is 1. The van der Waals surface area contributed by atoms with Crippen LogP contribution in [-0.4, -0.2) is 39.3 Å². The maximum Gasteiger partial charge on any atom is 0.226 e. The zero-order valence-corrected chi connectivity index (χ0v) is 19.8. The molecule has 8 nitrogen and oxygen atoms in total. The molecular weight excluding hydrogens is 428 g/mol. The van der Waals surface area contributed by atoms with E-state index in [1.165, 1.54) is 6.21 Å². The fourth-order valence-corrected chi connectivity index (χ4v) is 3.69. The van der Waals surface area contributed by atoms with Crippen molar-refractivity contribution in [2.45, 2.75) is 38.8 Å². The third kappa shape index (κ3) is 5.02. The molecule has 0 aliphatic carbocycles. The van der Waals surface area contributed by atoms with Crippen molar-refractivity contribution in [3.8, 4) is 5.69 Å². The van der Waals surface area contributed by atoms with Gasteiger partial charge in [-0.15, -0.1) is 0 Å². The standard InChI is InChI=1S/C26H30N6O2/c1-26(2,3)23-13-25(34-31-23)30-24(33)11-17-5-8-20(9-6-17)32-16-29-21-12-18(7-10-22(21)32)19(14-27)15-28-4/h5-10,12-16,24,27-28,30,33H,11H2,1-4H3/b19-15+,27-14?. The van der Waals surface area contributed by atoms with Gasteiger partial charge in [0.05, 0.1) is 16.7 Å². The van der Waals surface area contributed by atoms with Crippen LogP contribution < -0.4 is 10.6 Å². The number of hydrogen-bond donors (Lipinski definition) is 4. The van der Waals surface area contributed by atoms with Crippen LogP contribution in [0.25, 0.3) is 22.3 Å². The second-order valence-corrected chi connectivity index (χ2v) is 9.21. The smallest absolute Gasteiger partial charge is 0.226 e. The predicted molar refractivity (Wildman–Crippen MR) is 135 cm³/mol. The van der Waals surface area contributed by atoms with Crippen LogP contribution >= 0.6 is 0 Å². The van der Waals surface area contributed by atoms with Crippen LogP contribution in [0, 0.1) is 5.41 Å². The van der Waals surface area contributed by atoms with Crippen LogP contribution in [0.4, 0.5) is 5.88 Å². The summed E-state index contributed by atoms with van der Waals surface area (Å²) < 4.78 is 7.32. The fourth-order valence-electron chi connectivity index (χ4n) is 3.69. The Balaban J connectivity index is 1.46. The zero-order valence-electron chi connectivity index (χ0n) is 19.8. The molecule has 0 fully saturated rings. The summed E-state index contributed by atoms with van der Waals surface area (Å²) in [5.74, 6) is 0.453. The van der Waals surface area contributed by atoms with Crippen molar-refractivity contribution in [2.75, 3.05) is 12.4 Å². The molecular formula is C26H30N6O2. The van der Waals surface area contributed by atoms with E-state index in [0.29, 0.717) is 12.3 Å². The minimum atomic E-state index is -0.798. The van der Waals surface area contributed by atoms with Crippen LogP contribution in [0.1, 0.15) is 37.6 Å². The maximum atomic E-state index is 10.5. The normalized spacial score (nSPS) is 13.1. The summed E-state index contributed by atoms with van der Waals surface area (Å²) in [5, 5.41) is 28.1. The number of benzene rings is 2. The van der Waals surface area contributed by atoms with E-state index in [4.69, 9.17) is 9.93 Å². The van der Waals surface area contributed by atoms with Gasteiger partial charge in [-0.1, -0.05) is 44.1 Å². The van der Waals surface area contributed by atoms with Gasteiger partial charge in [0.1, 0.15) is 12.6 Å². The van der Waals surface area contributed by atoms with Crippen LogP contribution in [0.2, 0.25) is 0 Å². The second-order valence-electron chi connectivity index (χ2n) is 9.21. The first kappa shape index (κ1) is 23.3. The van der Waals surface area contributed by atoms with E-state index >= 15 is 0 Å². The van der Waals surface area contributed by atoms with Gasteiger partial charge in [-0.2, -0.15) is 0 Å². The van der Waals surface area contributed by atoms with Crippen molar-refractivity contribution < 1.29 is 9.63 Å². The number of allylic oxidation sites excluding steroid dienone is 1. The minimum Gasteiger partial charge on any atom is -0.393 e. The highest BCUT2D eigenvalue weighted by atomic mass is 16.5. The van der Waals surface area contributed by atoms with Crippen LogP contribution in [0.15, 0.2) is 65.6 Å². The highest BCUT2D eigenvalue weighted by molar-refractivity contribution is 6.09. The zero-order chi connectivity index (χ0) is 24.3. The molecule has 2 aromatic carbocycles. The molecule has 4 rings (SSSR count). The highest BCUT2D eigenvalue weighted by Gasteiger charge is 2.20. The Labute approximate surface area is 198 Å². The van der Waals surface area contributed by atoms with Gasteiger partial charge in [0.25, 0.3) is 0 Å². The molecule has 34 heavy (non-hydrogen) atoms. The molecule has 176 valence electrons. The number of anilines is 1. The summed E-state index contributed by atoms with van der Waals surface area (Å²) in [6.45, 7) is 6.18. The average Bonchev–Trinajstić information content (AvgIpc) is 3.44. The summed E-state index contributed by atoms with van der Waals surface area (Å²) in [6.07, 6.45) is 4.53. The van der Waals surface area contributed by atoms with Gasteiger partial charge < -0.3 is 25.7 Å². The van der Waals surface area contributed by atoms with Crippen molar-refractivity contribution in [1.29, 1.82) is 5.41 Å². The quantitative estimate of drug-likeness (QED) is 0.229. The Kier molecular flexibility index (Phi) is 6.51. The lowest BCUT2D eigenvalue weighted by atomic mass is 9.92. The van der Waals surface area contributed by atoms with Gasteiger partial charge in [-0.05, 0) is 35.4 Å². The monoisotopic (exact) mass is 458 g/mol. The van der Waals surface area contributed by atoms with Crippen molar-refractivity contribution in [3.63, 3.8) is 0 Å². The number of aliphatic hydroxyl groups is 1. The number of nitrogens with zero attached hydrogens (tertiary/aromatic N) is 3. The molecule has 8 heteroatoms. The van der Waals surface area contributed by atoms with E-state index in [1.54, 1.807) is 12.5 Å². The van der Waals surface area contributed by atoms with Gasteiger partial charge in [-0.3, -0.25) is 4.57 Å². The Morgan fingerprint density at radius 2 is 1.94 bits per heavy atom. The van der Waals surface area contributed by atoms with Crippen molar-refractivity contribution in [3.05, 3.63) is 77.9 Å². The van der Waals surface area contributed by atoms with E-state index in [1.807, 2.05) is 60.1 Å². The van der Waals surface area contributed by atoms with Crippen LogP contribution in [0.3, 0.4) is 0 Å². The predicted octanol–water partition coefficient (Wildman–Crippen LogP) is 4.49. The first-order valence-corrected chi connectivity index (χ1v) is 11.1. The number of hydrogen-bond acceptors (Lipinski definition) is 7. The first-order chi connectivity index (χ1) is 16.3. The largest absolute Gasteiger partial charge is 0.393 e. The topological polar surface area (TPSA) is 112 Å². The molecule has 0 saturated heterocycles. The summed E-state index contributed by atoms with van der Waals surface area (Å²) >= 11 is 0. The number of aliphatic hydroxyl groups excluding tert-OH is 1. The lowest BCUT2D eigenvalue weighted by molar-refractivity contribution is 0.199. The third-order valence-electron chi connectivity index (χ3n) is 5.57. The lowest BCUT2D eigenvalue weighted by Crippen LogP contribution is -2.21. The first-order valence-electron chi connectivity index (χ1n) is 11.1. The molecule has 0 radical (unpaired) electrons. The molecule has 2 aromatic heterocycles. The highest BCUT2D eigenvalue weighted by Crippen LogP contribution is 2.25. The Hall–Kier alpha value is -3.91. The molecule has 0 spiro atoms. The molecule has 0 saturated carbocycles. The van der Waals surface area contributed by atoms with Crippen LogP contribution in [0.5, 0.6) is 0 Å². The minimum absolute atomic E-state index is 0.116. The second kappa shape index (κ2) is 9.52. The Morgan fingerprint density at radius 3 is 2.59 bits per heavy atom. The molecule has 0 aliphatic rings. The van der Waals surface area contributed by atoms with E-state index in [9.17, 15) is 5.11 Å². The summed E-state index contributed by atoms with van der Waals surface area (Å²) in [4.78, 5) is 4.54. The van der Waals surface area contributed by atoms with Gasteiger partial charge in [0.15, 0.2) is 0 Å². The van der Waals surface area contributed by atoms with Crippen molar-refractivity contribution in [1.82, 2.24) is 20.0 Å². The summed E-state index contributed by atoms with van der Waals surface area (Å²) in [5.41, 5.74) is 6.23. The molecule has 1 atom stereocenters. The molecule has 2 heterocycles. The molecule has 0 amide bonds. The SMILES string of the molecule is CN/C=C(\C=N)c1ccc2c(c1)ncn2-c1ccc(CC(O)Nc2cc(C(C)(C)C)no2)cc1. The molecule has 0 bridgehead atoms. The number of nitrogens with one attached hydrogen (secondary N) is 3.